The number of amides is 1. The van der Waals surface area contributed by atoms with E-state index in [1.165, 1.54) is 24.3 Å². The van der Waals surface area contributed by atoms with Gasteiger partial charge in [-0.15, -0.1) is 0 Å². The molecular weight excluding hydrogens is 366 g/mol. The van der Waals surface area contributed by atoms with Crippen LogP contribution in [0, 0.1) is 0 Å². The summed E-state index contributed by atoms with van der Waals surface area (Å²) in [5.41, 5.74) is -0.716. The number of para-hydroxylation sites is 2. The zero-order valence-electron chi connectivity index (χ0n) is 12.3. The minimum absolute atomic E-state index is 0.313. The summed E-state index contributed by atoms with van der Waals surface area (Å²) in [7, 11) is -4.96. The Hall–Kier alpha value is -2.62. The van der Waals surface area contributed by atoms with Gasteiger partial charge in [0, 0.05) is 0 Å². The van der Waals surface area contributed by atoms with Crippen molar-refractivity contribution in [1.29, 1.82) is 0 Å². The van der Waals surface area contributed by atoms with Crippen molar-refractivity contribution in [3.8, 4) is 5.75 Å². The molecule has 25 heavy (non-hydrogen) atoms. The van der Waals surface area contributed by atoms with Gasteiger partial charge in [-0.05, 0) is 24.3 Å². The summed E-state index contributed by atoms with van der Waals surface area (Å²) in [4.78, 5) is 11.5. The average Bonchev–Trinajstić information content (AvgIpc) is 2.55. The maximum atomic E-state index is 12.7. The van der Waals surface area contributed by atoms with Gasteiger partial charge in [0.1, 0.15) is 5.75 Å². The third-order valence-corrected chi connectivity index (χ3v) is 4.46. The van der Waals surface area contributed by atoms with E-state index >= 15 is 0 Å². The Kier molecular flexibility index (Phi) is 5.62. The molecule has 0 aromatic heterocycles. The summed E-state index contributed by atoms with van der Waals surface area (Å²) in [6.07, 6.45) is 0. The molecule has 0 fully saturated rings. The Bertz CT molecular complexity index is 871. The second kappa shape index (κ2) is 7.51. The number of halogens is 4. The van der Waals surface area contributed by atoms with Crippen molar-refractivity contribution in [2.24, 2.45) is 0 Å². The maximum Gasteiger partial charge on any atom is 0.387 e. The van der Waals surface area contributed by atoms with E-state index < -0.39 is 44.4 Å². The lowest BCUT2D eigenvalue weighted by Crippen LogP contribution is -2.19. The summed E-state index contributed by atoms with van der Waals surface area (Å²) < 4.78 is 77.8. The Morgan fingerprint density at radius 3 is 2.20 bits per heavy atom. The fraction of sp³-hybridized carbons (Fsp3) is 0.133. The smallest absolute Gasteiger partial charge is 0.387 e. The number of hydrogen-bond donors (Lipinski definition) is 1. The van der Waals surface area contributed by atoms with Gasteiger partial charge in [0.15, 0.2) is 0 Å². The molecule has 1 amide bonds. The lowest BCUT2D eigenvalue weighted by Gasteiger charge is -2.13. The minimum atomic E-state index is -4.96. The molecule has 1 N–H and O–H groups in total. The molecule has 10 heteroatoms. The highest BCUT2D eigenvalue weighted by molar-refractivity contribution is 7.91. The standard InChI is InChI=1S/C15H11F4NO4S/c16-14(17)24-11-7-3-1-5-9(11)13(21)20-10-6-2-4-8-12(10)25(22,23)15(18)19/h1-8,14-15H,(H,20,21). The van der Waals surface area contributed by atoms with Gasteiger partial charge in [0.05, 0.1) is 16.1 Å². The lowest BCUT2D eigenvalue weighted by molar-refractivity contribution is -0.0501. The van der Waals surface area contributed by atoms with Crippen molar-refractivity contribution >= 4 is 21.4 Å². The monoisotopic (exact) mass is 377 g/mol. The first kappa shape index (κ1) is 18.7. The van der Waals surface area contributed by atoms with Crippen LogP contribution in [-0.4, -0.2) is 26.7 Å². The molecule has 0 radical (unpaired) electrons. The molecule has 0 saturated heterocycles. The molecule has 0 aliphatic heterocycles. The molecule has 0 heterocycles. The Balaban J connectivity index is 2.38. The van der Waals surface area contributed by atoms with Gasteiger partial charge in [-0.25, -0.2) is 8.42 Å². The summed E-state index contributed by atoms with van der Waals surface area (Å²) >= 11 is 0. The predicted molar refractivity (Wildman–Crippen MR) is 80.7 cm³/mol. The number of rotatable bonds is 6. The molecule has 0 saturated carbocycles. The zero-order chi connectivity index (χ0) is 18.6. The minimum Gasteiger partial charge on any atom is -0.434 e. The van der Waals surface area contributed by atoms with Crippen LogP contribution in [0.25, 0.3) is 0 Å². The highest BCUT2D eigenvalue weighted by Crippen LogP contribution is 2.28. The molecule has 5 nitrogen and oxygen atoms in total. The first-order valence-electron chi connectivity index (χ1n) is 6.69. The molecule has 2 rings (SSSR count). The van der Waals surface area contributed by atoms with Crippen LogP contribution >= 0.6 is 0 Å². The lowest BCUT2D eigenvalue weighted by atomic mass is 10.2. The van der Waals surface area contributed by atoms with E-state index in [0.29, 0.717) is 0 Å². The fourth-order valence-electron chi connectivity index (χ4n) is 1.96. The predicted octanol–water partition coefficient (Wildman–Crippen LogP) is 3.54. The molecule has 2 aromatic rings. The quantitative estimate of drug-likeness (QED) is 0.782. The number of hydrogen-bond acceptors (Lipinski definition) is 4. The van der Waals surface area contributed by atoms with Crippen molar-refractivity contribution in [3.63, 3.8) is 0 Å². The highest BCUT2D eigenvalue weighted by atomic mass is 32.2. The first-order valence-corrected chi connectivity index (χ1v) is 8.24. The highest BCUT2D eigenvalue weighted by Gasteiger charge is 2.29. The zero-order valence-corrected chi connectivity index (χ0v) is 13.1. The number of alkyl halides is 4. The van der Waals surface area contributed by atoms with Gasteiger partial charge >= 0.3 is 12.4 Å². The van der Waals surface area contributed by atoms with Crippen molar-refractivity contribution < 1.29 is 35.5 Å². The largest absolute Gasteiger partial charge is 0.434 e. The molecule has 0 aliphatic rings. The third kappa shape index (κ3) is 4.27. The van der Waals surface area contributed by atoms with Gasteiger partial charge in [-0.1, -0.05) is 24.3 Å². The van der Waals surface area contributed by atoms with Crippen molar-refractivity contribution in [3.05, 3.63) is 54.1 Å². The summed E-state index contributed by atoms with van der Waals surface area (Å²) in [5, 5.41) is 2.13. The van der Waals surface area contributed by atoms with Gasteiger partial charge in [0.2, 0.25) is 9.84 Å². The van der Waals surface area contributed by atoms with Crippen LogP contribution in [0.3, 0.4) is 0 Å². The van der Waals surface area contributed by atoms with Crippen molar-refractivity contribution in [2.75, 3.05) is 5.32 Å². The maximum absolute atomic E-state index is 12.7. The van der Waals surface area contributed by atoms with Crippen LogP contribution in [0.4, 0.5) is 23.2 Å². The number of sulfone groups is 1. The topological polar surface area (TPSA) is 72.5 Å². The molecule has 2 aromatic carbocycles. The Morgan fingerprint density at radius 2 is 1.56 bits per heavy atom. The second-order valence-electron chi connectivity index (χ2n) is 4.63. The van der Waals surface area contributed by atoms with Crippen LogP contribution in [0.5, 0.6) is 5.75 Å². The summed E-state index contributed by atoms with van der Waals surface area (Å²) in [5.74, 6) is -5.11. The van der Waals surface area contributed by atoms with Crippen LogP contribution in [0.1, 0.15) is 10.4 Å². The summed E-state index contributed by atoms with van der Waals surface area (Å²) in [6, 6.07) is 9.53. The van der Waals surface area contributed by atoms with Crippen LogP contribution < -0.4 is 10.1 Å². The van der Waals surface area contributed by atoms with E-state index in [4.69, 9.17) is 0 Å². The average molecular weight is 377 g/mol. The SMILES string of the molecule is O=C(Nc1ccccc1S(=O)(=O)C(F)F)c1ccccc1OC(F)F. The van der Waals surface area contributed by atoms with Crippen LogP contribution in [0.15, 0.2) is 53.4 Å². The molecule has 0 unspecified atom stereocenters. The Labute approximate surface area is 140 Å². The van der Waals surface area contributed by atoms with Crippen molar-refractivity contribution in [1.82, 2.24) is 0 Å². The van der Waals surface area contributed by atoms with E-state index in [1.807, 2.05) is 0 Å². The number of ether oxygens (including phenoxy) is 1. The molecule has 0 bridgehead atoms. The van der Waals surface area contributed by atoms with Crippen LogP contribution in [-0.2, 0) is 9.84 Å². The molecule has 0 atom stereocenters. The summed E-state index contributed by atoms with van der Waals surface area (Å²) in [6.45, 7) is -3.18. The van der Waals surface area contributed by atoms with E-state index in [1.54, 1.807) is 0 Å². The number of carbonyl (C=O) groups is 1. The fourth-order valence-corrected chi connectivity index (χ4v) is 2.84. The van der Waals surface area contributed by atoms with Crippen LogP contribution in [0.2, 0.25) is 0 Å². The van der Waals surface area contributed by atoms with E-state index in [9.17, 15) is 30.8 Å². The normalized spacial score (nSPS) is 11.6. The first-order chi connectivity index (χ1) is 11.7. The van der Waals surface area contributed by atoms with Gasteiger partial charge in [-0.2, -0.15) is 17.6 Å². The van der Waals surface area contributed by atoms with E-state index in [2.05, 4.69) is 10.1 Å². The number of anilines is 1. The van der Waals surface area contributed by atoms with Crippen molar-refractivity contribution in [2.45, 2.75) is 17.3 Å². The molecular formula is C15H11F4NO4S. The molecule has 0 spiro atoms. The number of carbonyl (C=O) groups excluding carboxylic acids is 1. The van der Waals surface area contributed by atoms with E-state index in [0.717, 1.165) is 24.3 Å². The molecule has 0 aliphatic carbocycles. The van der Waals surface area contributed by atoms with Gasteiger partial charge in [-0.3, -0.25) is 4.79 Å². The second-order valence-corrected chi connectivity index (χ2v) is 6.52. The third-order valence-electron chi connectivity index (χ3n) is 3.02. The number of benzene rings is 2. The number of nitrogens with one attached hydrogen (secondary N) is 1. The van der Waals surface area contributed by atoms with Gasteiger partial charge < -0.3 is 10.1 Å². The van der Waals surface area contributed by atoms with Gasteiger partial charge in [0.25, 0.3) is 5.91 Å². The Morgan fingerprint density at radius 1 is 0.960 bits per heavy atom. The molecule has 134 valence electrons. The van der Waals surface area contributed by atoms with E-state index in [-0.39, 0.29) is 5.56 Å².